The van der Waals surface area contributed by atoms with E-state index in [1.807, 2.05) is 6.92 Å². The molecule has 1 atom stereocenters. The molecule has 0 fully saturated rings. The molecule has 0 aromatic carbocycles. The van der Waals surface area contributed by atoms with Crippen LogP contribution in [0.25, 0.3) is 0 Å². The fraction of sp³-hybridized carbons (Fsp3) is 0.667. The Morgan fingerprint density at radius 3 is 2.71 bits per heavy atom. The van der Waals surface area contributed by atoms with E-state index in [9.17, 15) is 4.79 Å². The third-order valence-electron chi connectivity index (χ3n) is 2.75. The zero-order valence-corrected chi connectivity index (χ0v) is 11.6. The maximum atomic E-state index is 11.9. The van der Waals surface area contributed by atoms with Crippen LogP contribution in [-0.2, 0) is 11.2 Å². The number of aromatic nitrogens is 1. The summed E-state index contributed by atoms with van der Waals surface area (Å²) in [5, 5.41) is 3.56. The van der Waals surface area contributed by atoms with Crippen LogP contribution in [0.2, 0.25) is 0 Å². The quantitative estimate of drug-likeness (QED) is 0.819. The molecule has 5 heteroatoms. The second-order valence-corrected chi connectivity index (χ2v) is 5.29. The lowest BCUT2D eigenvalue weighted by Gasteiger charge is -2.11. The summed E-state index contributed by atoms with van der Waals surface area (Å²) in [7, 11) is 0. The van der Waals surface area contributed by atoms with Crippen molar-refractivity contribution in [3.8, 4) is 0 Å². The molecule has 0 saturated carbocycles. The van der Waals surface area contributed by atoms with E-state index in [1.54, 1.807) is 0 Å². The van der Waals surface area contributed by atoms with Gasteiger partial charge in [-0.05, 0) is 19.8 Å². The molecule has 0 aliphatic carbocycles. The number of hydrogen-bond acceptors (Lipinski definition) is 4. The van der Waals surface area contributed by atoms with Gasteiger partial charge >= 0.3 is 0 Å². The zero-order chi connectivity index (χ0) is 12.8. The molecule has 0 aliphatic heterocycles. The normalized spacial score (nSPS) is 12.5. The first-order valence-corrected chi connectivity index (χ1v) is 6.91. The van der Waals surface area contributed by atoms with E-state index in [0.29, 0.717) is 11.7 Å². The van der Waals surface area contributed by atoms with Gasteiger partial charge < -0.3 is 11.1 Å². The van der Waals surface area contributed by atoms with Gasteiger partial charge in [-0.3, -0.25) is 4.79 Å². The minimum absolute atomic E-state index is 0.00856. The Morgan fingerprint density at radius 2 is 2.24 bits per heavy atom. The van der Waals surface area contributed by atoms with Gasteiger partial charge in [-0.1, -0.05) is 20.3 Å². The first kappa shape index (κ1) is 14.1. The summed E-state index contributed by atoms with van der Waals surface area (Å²) in [5.74, 6) is -0.111. The molecule has 0 aliphatic rings. The summed E-state index contributed by atoms with van der Waals surface area (Å²) in [6.45, 7) is 6.54. The standard InChI is InChI=1S/C12H21N3OS/c1-4-6-9(7-13)11(16)15-12-14-10(5-2)8(3)17-12/h9H,4-7,13H2,1-3H3,(H,14,15,16). The summed E-state index contributed by atoms with van der Waals surface area (Å²) in [4.78, 5) is 17.5. The number of nitrogens with two attached hydrogens (primary N) is 1. The van der Waals surface area contributed by atoms with Gasteiger partial charge in [0.2, 0.25) is 5.91 Å². The molecular formula is C12H21N3OS. The number of carbonyl (C=O) groups excluding carboxylic acids is 1. The molecule has 4 nitrogen and oxygen atoms in total. The number of anilines is 1. The Kier molecular flexibility index (Phi) is 5.58. The Hall–Kier alpha value is -0.940. The number of amides is 1. The first-order chi connectivity index (χ1) is 8.12. The van der Waals surface area contributed by atoms with Crippen LogP contribution in [-0.4, -0.2) is 17.4 Å². The molecule has 1 rings (SSSR count). The third-order valence-corrected chi connectivity index (χ3v) is 3.68. The molecule has 3 N–H and O–H groups in total. The number of carbonyl (C=O) groups is 1. The Morgan fingerprint density at radius 1 is 1.53 bits per heavy atom. The number of hydrogen-bond donors (Lipinski definition) is 2. The van der Waals surface area contributed by atoms with E-state index in [1.165, 1.54) is 16.2 Å². The highest BCUT2D eigenvalue weighted by atomic mass is 32.1. The van der Waals surface area contributed by atoms with Crippen LogP contribution >= 0.6 is 11.3 Å². The van der Waals surface area contributed by atoms with Gasteiger partial charge in [-0.2, -0.15) is 0 Å². The summed E-state index contributed by atoms with van der Waals surface area (Å²) < 4.78 is 0. The van der Waals surface area contributed by atoms with Gasteiger partial charge in [0.1, 0.15) is 0 Å². The van der Waals surface area contributed by atoms with Crippen LogP contribution < -0.4 is 11.1 Å². The maximum Gasteiger partial charge on any atom is 0.230 e. The van der Waals surface area contributed by atoms with Crippen molar-refractivity contribution < 1.29 is 4.79 Å². The minimum Gasteiger partial charge on any atom is -0.330 e. The molecule has 0 saturated heterocycles. The van der Waals surface area contributed by atoms with Crippen molar-refractivity contribution >= 4 is 22.4 Å². The molecule has 0 radical (unpaired) electrons. The fourth-order valence-electron chi connectivity index (χ4n) is 1.72. The lowest BCUT2D eigenvalue weighted by atomic mass is 10.0. The first-order valence-electron chi connectivity index (χ1n) is 6.09. The molecule has 1 aromatic heterocycles. The molecule has 0 bridgehead atoms. The smallest absolute Gasteiger partial charge is 0.230 e. The lowest BCUT2D eigenvalue weighted by Crippen LogP contribution is -2.29. The molecular weight excluding hydrogens is 234 g/mol. The Bertz CT molecular complexity index is 376. The van der Waals surface area contributed by atoms with E-state index in [0.717, 1.165) is 25.0 Å². The van der Waals surface area contributed by atoms with Gasteiger partial charge in [0.05, 0.1) is 11.6 Å². The van der Waals surface area contributed by atoms with Gasteiger partial charge in [0.15, 0.2) is 5.13 Å². The van der Waals surface area contributed by atoms with Gasteiger partial charge in [0, 0.05) is 11.4 Å². The molecule has 17 heavy (non-hydrogen) atoms. The highest BCUT2D eigenvalue weighted by Gasteiger charge is 2.17. The minimum atomic E-state index is -0.103. The molecule has 1 aromatic rings. The van der Waals surface area contributed by atoms with Gasteiger partial charge in [-0.25, -0.2) is 4.98 Å². The zero-order valence-electron chi connectivity index (χ0n) is 10.7. The highest BCUT2D eigenvalue weighted by Crippen LogP contribution is 2.23. The molecule has 0 spiro atoms. The number of nitrogens with one attached hydrogen (secondary N) is 1. The van der Waals surface area contributed by atoms with Crippen LogP contribution in [0.3, 0.4) is 0 Å². The summed E-state index contributed by atoms with van der Waals surface area (Å²) in [6.07, 6.45) is 2.69. The highest BCUT2D eigenvalue weighted by molar-refractivity contribution is 7.15. The number of nitrogens with zero attached hydrogens (tertiary/aromatic N) is 1. The van der Waals surface area contributed by atoms with E-state index < -0.39 is 0 Å². The molecule has 1 heterocycles. The fourth-order valence-corrected chi connectivity index (χ4v) is 2.63. The van der Waals surface area contributed by atoms with Crippen molar-refractivity contribution in [1.29, 1.82) is 0 Å². The van der Waals surface area contributed by atoms with Gasteiger partial charge in [0.25, 0.3) is 0 Å². The van der Waals surface area contributed by atoms with E-state index in [4.69, 9.17) is 5.73 Å². The average Bonchev–Trinajstić information content (AvgIpc) is 2.66. The van der Waals surface area contributed by atoms with E-state index >= 15 is 0 Å². The van der Waals surface area contributed by atoms with Crippen LogP contribution in [0, 0.1) is 12.8 Å². The van der Waals surface area contributed by atoms with Crippen molar-refractivity contribution in [1.82, 2.24) is 4.98 Å². The average molecular weight is 255 g/mol. The van der Waals surface area contributed by atoms with Crippen LogP contribution in [0.1, 0.15) is 37.3 Å². The third kappa shape index (κ3) is 3.78. The predicted molar refractivity (Wildman–Crippen MR) is 72.3 cm³/mol. The van der Waals surface area contributed by atoms with Crippen LogP contribution in [0.4, 0.5) is 5.13 Å². The van der Waals surface area contributed by atoms with E-state index in [2.05, 4.69) is 24.1 Å². The lowest BCUT2D eigenvalue weighted by molar-refractivity contribution is -0.119. The molecule has 1 amide bonds. The number of aryl methyl sites for hydroxylation is 2. The van der Waals surface area contributed by atoms with Crippen LogP contribution in [0.15, 0.2) is 0 Å². The van der Waals surface area contributed by atoms with Crippen molar-refractivity contribution in [2.75, 3.05) is 11.9 Å². The second kappa shape index (κ2) is 6.71. The van der Waals surface area contributed by atoms with Crippen molar-refractivity contribution in [2.45, 2.75) is 40.0 Å². The number of rotatable bonds is 6. The summed E-state index contributed by atoms with van der Waals surface area (Å²) >= 11 is 1.53. The maximum absolute atomic E-state index is 11.9. The van der Waals surface area contributed by atoms with Crippen LogP contribution in [0.5, 0.6) is 0 Å². The van der Waals surface area contributed by atoms with Crippen molar-refractivity contribution in [2.24, 2.45) is 11.7 Å². The van der Waals surface area contributed by atoms with Crippen molar-refractivity contribution in [3.05, 3.63) is 10.6 Å². The Balaban J connectivity index is 2.66. The SMILES string of the molecule is CCCC(CN)C(=O)Nc1nc(CC)c(C)s1. The summed E-state index contributed by atoms with van der Waals surface area (Å²) in [6, 6.07) is 0. The largest absolute Gasteiger partial charge is 0.330 e. The number of thiazole rings is 1. The monoisotopic (exact) mass is 255 g/mol. The second-order valence-electron chi connectivity index (χ2n) is 4.09. The topological polar surface area (TPSA) is 68.0 Å². The molecule has 1 unspecified atom stereocenters. The van der Waals surface area contributed by atoms with Crippen molar-refractivity contribution in [3.63, 3.8) is 0 Å². The molecule has 96 valence electrons. The predicted octanol–water partition coefficient (Wildman–Crippen LogP) is 2.33. The van der Waals surface area contributed by atoms with E-state index in [-0.39, 0.29) is 11.8 Å². The summed E-state index contributed by atoms with van der Waals surface area (Å²) in [5.41, 5.74) is 6.66. The Labute approximate surface area is 107 Å². The van der Waals surface area contributed by atoms with Gasteiger partial charge in [-0.15, -0.1) is 11.3 Å².